The Kier molecular flexibility index (Phi) is 4.77. The summed E-state index contributed by atoms with van der Waals surface area (Å²) in [5.41, 5.74) is 2.59. The minimum atomic E-state index is -0.213. The van der Waals surface area contributed by atoms with E-state index in [-0.39, 0.29) is 6.03 Å². The molecule has 0 atom stereocenters. The maximum atomic E-state index is 11.8. The first-order chi connectivity index (χ1) is 10.8. The van der Waals surface area contributed by atoms with Crippen LogP contribution in [0.5, 0.6) is 0 Å². The van der Waals surface area contributed by atoms with Gasteiger partial charge in [0.05, 0.1) is 24.5 Å². The second kappa shape index (κ2) is 7.15. The van der Waals surface area contributed by atoms with Crippen LogP contribution in [0.3, 0.4) is 0 Å². The number of nitrogens with one attached hydrogen (secondary N) is 2. The van der Waals surface area contributed by atoms with Gasteiger partial charge in [0.15, 0.2) is 0 Å². The van der Waals surface area contributed by atoms with Crippen molar-refractivity contribution < 1.29 is 4.79 Å². The van der Waals surface area contributed by atoms with Gasteiger partial charge in [0, 0.05) is 28.2 Å². The molecule has 0 saturated carbocycles. The highest BCUT2D eigenvalue weighted by atomic mass is 32.1. The lowest BCUT2D eigenvalue weighted by Crippen LogP contribution is -2.34. The molecule has 112 valence electrons. The fourth-order valence-electron chi connectivity index (χ4n) is 1.94. The number of amides is 2. The Labute approximate surface area is 136 Å². The fraction of sp³-hybridized carbons (Fsp3) is 0.133. The molecular weight excluding hydrogens is 316 g/mol. The highest BCUT2D eigenvalue weighted by molar-refractivity contribution is 7.09. The predicted octanol–water partition coefficient (Wildman–Crippen LogP) is 3.27. The summed E-state index contributed by atoms with van der Waals surface area (Å²) in [5.74, 6) is 0. The van der Waals surface area contributed by atoms with Crippen LogP contribution in [0.1, 0.15) is 10.6 Å². The third-order valence-corrected chi connectivity index (χ3v) is 4.55. The molecule has 3 aromatic rings. The predicted molar refractivity (Wildman–Crippen MR) is 88.7 cm³/mol. The van der Waals surface area contributed by atoms with Crippen molar-refractivity contribution in [2.45, 2.75) is 13.1 Å². The van der Waals surface area contributed by atoms with Gasteiger partial charge in [-0.2, -0.15) is 11.3 Å². The summed E-state index contributed by atoms with van der Waals surface area (Å²) in [4.78, 5) is 21.6. The second-order valence-electron chi connectivity index (χ2n) is 4.48. The van der Waals surface area contributed by atoms with Crippen LogP contribution in [0.4, 0.5) is 4.79 Å². The van der Waals surface area contributed by atoms with Crippen molar-refractivity contribution in [2.75, 3.05) is 0 Å². The Bertz CT molecular complexity index is 726. The third kappa shape index (κ3) is 3.69. The zero-order valence-electron chi connectivity index (χ0n) is 11.7. The summed E-state index contributed by atoms with van der Waals surface area (Å²) >= 11 is 3.22. The van der Waals surface area contributed by atoms with Crippen molar-refractivity contribution in [3.8, 4) is 11.3 Å². The van der Waals surface area contributed by atoms with Gasteiger partial charge in [0.2, 0.25) is 0 Å². The van der Waals surface area contributed by atoms with Crippen LogP contribution in [0.2, 0.25) is 0 Å². The lowest BCUT2D eigenvalue weighted by molar-refractivity contribution is 0.240. The quantitative estimate of drug-likeness (QED) is 0.754. The number of carbonyl (C=O) groups is 1. The number of carbonyl (C=O) groups excluding carboxylic acids is 1. The zero-order chi connectivity index (χ0) is 15.2. The summed E-state index contributed by atoms with van der Waals surface area (Å²) in [5, 5.41) is 11.6. The lowest BCUT2D eigenvalue weighted by atomic mass is 10.2. The van der Waals surface area contributed by atoms with Crippen LogP contribution in [0.25, 0.3) is 11.3 Å². The Hall–Kier alpha value is -2.25. The van der Waals surface area contributed by atoms with Crippen molar-refractivity contribution in [1.82, 2.24) is 20.6 Å². The molecular formula is C15H14N4OS2. The highest BCUT2D eigenvalue weighted by Gasteiger charge is 2.09. The molecule has 7 heteroatoms. The second-order valence-corrected chi connectivity index (χ2v) is 6.29. The van der Waals surface area contributed by atoms with E-state index in [1.807, 2.05) is 34.3 Å². The molecule has 0 aliphatic heterocycles. The summed E-state index contributed by atoms with van der Waals surface area (Å²) in [6, 6.07) is 5.74. The van der Waals surface area contributed by atoms with Crippen molar-refractivity contribution in [1.29, 1.82) is 0 Å². The van der Waals surface area contributed by atoms with Crippen molar-refractivity contribution in [3.63, 3.8) is 0 Å². The van der Waals surface area contributed by atoms with Gasteiger partial charge in [0.1, 0.15) is 0 Å². The normalized spacial score (nSPS) is 10.4. The van der Waals surface area contributed by atoms with E-state index in [4.69, 9.17) is 0 Å². The Balaban J connectivity index is 1.58. The molecule has 0 saturated heterocycles. The summed E-state index contributed by atoms with van der Waals surface area (Å²) < 4.78 is 0. The van der Waals surface area contributed by atoms with Gasteiger partial charge in [-0.3, -0.25) is 9.97 Å². The Morgan fingerprint density at radius 3 is 2.73 bits per heavy atom. The van der Waals surface area contributed by atoms with E-state index in [1.165, 1.54) is 0 Å². The largest absolute Gasteiger partial charge is 0.333 e. The van der Waals surface area contributed by atoms with Gasteiger partial charge in [-0.15, -0.1) is 11.3 Å². The van der Waals surface area contributed by atoms with E-state index in [1.54, 1.807) is 35.1 Å². The van der Waals surface area contributed by atoms with Gasteiger partial charge in [-0.25, -0.2) is 4.79 Å². The smallest absolute Gasteiger partial charge is 0.315 e. The van der Waals surface area contributed by atoms with Crippen molar-refractivity contribution >= 4 is 28.7 Å². The van der Waals surface area contributed by atoms with Crippen LogP contribution in [-0.4, -0.2) is 16.0 Å². The van der Waals surface area contributed by atoms with E-state index in [0.29, 0.717) is 13.1 Å². The number of aromatic nitrogens is 2. The molecule has 3 aromatic heterocycles. The fourth-order valence-corrected chi connectivity index (χ4v) is 3.23. The van der Waals surface area contributed by atoms with Gasteiger partial charge in [-0.1, -0.05) is 6.07 Å². The lowest BCUT2D eigenvalue weighted by Gasteiger charge is -2.09. The van der Waals surface area contributed by atoms with E-state index in [0.717, 1.165) is 21.8 Å². The minimum Gasteiger partial charge on any atom is -0.333 e. The number of rotatable bonds is 5. The SMILES string of the molecule is O=C(NCc1cccs1)NCc1nccnc1-c1ccsc1. The monoisotopic (exact) mass is 330 g/mol. The van der Waals surface area contributed by atoms with Crippen LogP contribution in [0, 0.1) is 0 Å². The first-order valence-corrected chi connectivity index (χ1v) is 8.52. The highest BCUT2D eigenvalue weighted by Crippen LogP contribution is 2.22. The summed E-state index contributed by atoms with van der Waals surface area (Å²) in [6.45, 7) is 0.872. The molecule has 0 radical (unpaired) electrons. The van der Waals surface area contributed by atoms with Crippen LogP contribution >= 0.6 is 22.7 Å². The standard InChI is InChI=1S/C15H14N4OS2/c20-15(18-8-12-2-1-6-22-12)19-9-13-14(17-5-4-16-13)11-3-7-21-10-11/h1-7,10H,8-9H2,(H2,18,19,20). The molecule has 0 aliphatic carbocycles. The molecule has 22 heavy (non-hydrogen) atoms. The number of urea groups is 1. The van der Waals surface area contributed by atoms with Crippen LogP contribution in [0.15, 0.2) is 46.7 Å². The number of hydrogen-bond acceptors (Lipinski definition) is 5. The van der Waals surface area contributed by atoms with Crippen LogP contribution in [-0.2, 0) is 13.1 Å². The molecule has 0 spiro atoms. The van der Waals surface area contributed by atoms with Crippen molar-refractivity contribution in [3.05, 3.63) is 57.3 Å². The Morgan fingerprint density at radius 2 is 1.95 bits per heavy atom. The maximum Gasteiger partial charge on any atom is 0.315 e. The first kappa shape index (κ1) is 14.7. The van der Waals surface area contributed by atoms with Gasteiger partial charge in [0.25, 0.3) is 0 Å². The summed E-state index contributed by atoms with van der Waals surface area (Å²) in [7, 11) is 0. The molecule has 0 unspecified atom stereocenters. The zero-order valence-corrected chi connectivity index (χ0v) is 13.3. The Morgan fingerprint density at radius 1 is 1.09 bits per heavy atom. The molecule has 0 fully saturated rings. The van der Waals surface area contributed by atoms with Gasteiger partial charge in [-0.05, 0) is 22.9 Å². The average molecular weight is 330 g/mol. The van der Waals surface area contributed by atoms with E-state index in [2.05, 4.69) is 20.6 Å². The topological polar surface area (TPSA) is 66.9 Å². The molecule has 3 rings (SSSR count). The van der Waals surface area contributed by atoms with E-state index < -0.39 is 0 Å². The minimum absolute atomic E-state index is 0.213. The molecule has 5 nitrogen and oxygen atoms in total. The molecule has 0 aliphatic rings. The number of thiophene rings is 2. The van der Waals surface area contributed by atoms with E-state index in [9.17, 15) is 4.79 Å². The molecule has 2 N–H and O–H groups in total. The molecule has 0 bridgehead atoms. The number of hydrogen-bond donors (Lipinski definition) is 2. The molecule has 2 amide bonds. The first-order valence-electron chi connectivity index (χ1n) is 6.69. The maximum absolute atomic E-state index is 11.8. The van der Waals surface area contributed by atoms with Gasteiger partial charge >= 0.3 is 6.03 Å². The third-order valence-electron chi connectivity index (χ3n) is 2.99. The summed E-state index contributed by atoms with van der Waals surface area (Å²) in [6.07, 6.45) is 3.30. The van der Waals surface area contributed by atoms with Crippen molar-refractivity contribution in [2.24, 2.45) is 0 Å². The van der Waals surface area contributed by atoms with Crippen LogP contribution < -0.4 is 10.6 Å². The van der Waals surface area contributed by atoms with E-state index >= 15 is 0 Å². The number of nitrogens with zero attached hydrogens (tertiary/aromatic N) is 2. The average Bonchev–Trinajstić information content (AvgIpc) is 3.24. The molecule has 0 aromatic carbocycles. The molecule has 3 heterocycles. The van der Waals surface area contributed by atoms with Gasteiger partial charge < -0.3 is 10.6 Å².